The molecular weight excluding hydrogens is 438 g/mol. The van der Waals surface area contributed by atoms with Gasteiger partial charge in [0.15, 0.2) is 0 Å². The molecule has 4 rings (SSSR count). The van der Waals surface area contributed by atoms with Crippen molar-refractivity contribution >= 4 is 16.0 Å². The number of esters is 1. The lowest BCUT2D eigenvalue weighted by Gasteiger charge is -2.25. The van der Waals surface area contributed by atoms with E-state index in [1.54, 1.807) is 55.5 Å². The first kappa shape index (κ1) is 23.2. The fourth-order valence-corrected chi connectivity index (χ4v) is 5.33. The molecule has 0 aliphatic heterocycles. The number of carbonyl (C=O) groups excluding carboxylic acids is 1. The van der Waals surface area contributed by atoms with Gasteiger partial charge in [0, 0.05) is 6.42 Å². The molecule has 0 bridgehead atoms. The Morgan fingerprint density at radius 2 is 1.64 bits per heavy atom. The van der Waals surface area contributed by atoms with Crippen molar-refractivity contribution in [2.24, 2.45) is 5.92 Å². The quantitative estimate of drug-likeness (QED) is 0.517. The molecule has 0 heterocycles. The summed E-state index contributed by atoms with van der Waals surface area (Å²) in [6.45, 7) is 3.49. The van der Waals surface area contributed by atoms with Crippen LogP contribution in [-0.4, -0.2) is 25.6 Å². The Morgan fingerprint density at radius 3 is 2.33 bits per heavy atom. The SMILES string of the molecule is Cc1ccc(S(=O)(=O)N[C@@H]2c3ccccc3C[C@@H]2OC(=O)[C@H](C)[C@@H](O)c2ccccc2)cc1. The van der Waals surface area contributed by atoms with Crippen LogP contribution in [0.5, 0.6) is 0 Å². The van der Waals surface area contributed by atoms with E-state index in [1.165, 1.54) is 0 Å². The molecule has 3 aromatic rings. The van der Waals surface area contributed by atoms with Gasteiger partial charge in [-0.2, -0.15) is 4.72 Å². The maximum atomic E-state index is 13.1. The van der Waals surface area contributed by atoms with Gasteiger partial charge in [0.25, 0.3) is 0 Å². The van der Waals surface area contributed by atoms with Gasteiger partial charge in [0.05, 0.1) is 23.0 Å². The van der Waals surface area contributed by atoms with Crippen molar-refractivity contribution in [3.63, 3.8) is 0 Å². The predicted octanol–water partition coefficient (Wildman–Crippen LogP) is 3.85. The molecule has 0 spiro atoms. The van der Waals surface area contributed by atoms with Crippen molar-refractivity contribution in [3.05, 3.63) is 101 Å². The maximum absolute atomic E-state index is 13.1. The average molecular weight is 466 g/mol. The van der Waals surface area contributed by atoms with Crippen LogP contribution in [0.15, 0.2) is 83.8 Å². The van der Waals surface area contributed by atoms with Gasteiger partial charge >= 0.3 is 5.97 Å². The molecule has 0 amide bonds. The fourth-order valence-electron chi connectivity index (χ4n) is 4.08. The summed E-state index contributed by atoms with van der Waals surface area (Å²) in [4.78, 5) is 13.1. The third-order valence-electron chi connectivity index (χ3n) is 6.05. The van der Waals surface area contributed by atoms with Gasteiger partial charge < -0.3 is 9.84 Å². The molecule has 0 saturated carbocycles. The van der Waals surface area contributed by atoms with E-state index < -0.39 is 40.2 Å². The normalized spacial score (nSPS) is 19.5. The molecule has 1 aliphatic carbocycles. The minimum Gasteiger partial charge on any atom is -0.460 e. The zero-order valence-electron chi connectivity index (χ0n) is 18.5. The fraction of sp³-hybridized carbons (Fsp3) is 0.269. The lowest BCUT2D eigenvalue weighted by molar-refractivity contribution is -0.158. The number of fused-ring (bicyclic) bond motifs is 1. The number of aryl methyl sites for hydroxylation is 1. The van der Waals surface area contributed by atoms with E-state index in [9.17, 15) is 18.3 Å². The van der Waals surface area contributed by atoms with Crippen LogP contribution < -0.4 is 4.72 Å². The second-order valence-corrected chi connectivity index (χ2v) is 10.1. The standard InChI is InChI=1S/C26H27NO5S/c1-17-12-14-21(15-13-17)33(30,31)27-24-22-11-7-6-10-20(22)16-23(24)32-26(29)18(2)25(28)19-8-4-3-5-9-19/h3-15,18,23-25,27-28H,16H2,1-2H3/t18-,23+,24-,25-/m1/s1. The molecule has 6 nitrogen and oxygen atoms in total. The van der Waals surface area contributed by atoms with Gasteiger partial charge in [-0.05, 0) is 42.7 Å². The Balaban J connectivity index is 1.55. The molecule has 172 valence electrons. The Morgan fingerprint density at radius 1 is 1.00 bits per heavy atom. The van der Waals surface area contributed by atoms with Gasteiger partial charge in [-0.3, -0.25) is 4.79 Å². The molecule has 2 N–H and O–H groups in total. The van der Waals surface area contributed by atoms with E-state index in [0.29, 0.717) is 12.0 Å². The summed E-state index contributed by atoms with van der Waals surface area (Å²) < 4.78 is 34.7. The predicted molar refractivity (Wildman–Crippen MR) is 125 cm³/mol. The zero-order chi connectivity index (χ0) is 23.6. The highest BCUT2D eigenvalue weighted by molar-refractivity contribution is 7.89. The van der Waals surface area contributed by atoms with E-state index >= 15 is 0 Å². The van der Waals surface area contributed by atoms with Crippen LogP contribution in [0.2, 0.25) is 0 Å². The first-order valence-corrected chi connectivity index (χ1v) is 12.3. The Bertz CT molecular complexity index is 1230. The number of ether oxygens (including phenoxy) is 1. The monoisotopic (exact) mass is 465 g/mol. The Kier molecular flexibility index (Phi) is 6.65. The van der Waals surface area contributed by atoms with Crippen molar-refractivity contribution in [2.75, 3.05) is 0 Å². The summed E-state index contributed by atoms with van der Waals surface area (Å²) in [5.74, 6) is -1.39. The highest BCUT2D eigenvalue weighted by atomic mass is 32.2. The number of benzene rings is 3. The number of nitrogens with one attached hydrogen (secondary N) is 1. The molecular formula is C26H27NO5S. The van der Waals surface area contributed by atoms with Crippen LogP contribution in [0, 0.1) is 12.8 Å². The third-order valence-corrected chi connectivity index (χ3v) is 7.51. The van der Waals surface area contributed by atoms with E-state index in [2.05, 4.69) is 4.72 Å². The second kappa shape index (κ2) is 9.47. The highest BCUT2D eigenvalue weighted by Crippen LogP contribution is 2.35. The molecule has 4 atom stereocenters. The Labute approximate surface area is 194 Å². The smallest absolute Gasteiger partial charge is 0.312 e. The number of hydrogen-bond donors (Lipinski definition) is 2. The maximum Gasteiger partial charge on any atom is 0.312 e. The molecule has 1 aliphatic rings. The van der Waals surface area contributed by atoms with E-state index in [0.717, 1.165) is 16.7 Å². The number of sulfonamides is 1. The van der Waals surface area contributed by atoms with Gasteiger partial charge in [-0.15, -0.1) is 0 Å². The van der Waals surface area contributed by atoms with Gasteiger partial charge in [0.1, 0.15) is 6.10 Å². The zero-order valence-corrected chi connectivity index (χ0v) is 19.3. The van der Waals surface area contributed by atoms with Crippen molar-refractivity contribution < 1.29 is 23.1 Å². The van der Waals surface area contributed by atoms with Crippen molar-refractivity contribution in [2.45, 2.75) is 43.4 Å². The lowest BCUT2D eigenvalue weighted by atomic mass is 9.97. The minimum atomic E-state index is -3.84. The molecule has 0 fully saturated rings. The van der Waals surface area contributed by atoms with Crippen LogP contribution in [0.3, 0.4) is 0 Å². The van der Waals surface area contributed by atoms with Crippen LogP contribution in [0.1, 0.15) is 41.3 Å². The van der Waals surface area contributed by atoms with Gasteiger partial charge in [-0.1, -0.05) is 72.3 Å². The molecule has 0 radical (unpaired) electrons. The van der Waals surface area contributed by atoms with Crippen molar-refractivity contribution in [3.8, 4) is 0 Å². The van der Waals surface area contributed by atoms with Crippen LogP contribution in [0.25, 0.3) is 0 Å². The van der Waals surface area contributed by atoms with E-state index in [1.807, 2.05) is 37.3 Å². The van der Waals surface area contributed by atoms with E-state index in [-0.39, 0.29) is 4.90 Å². The summed E-state index contributed by atoms with van der Waals surface area (Å²) in [6, 6.07) is 22.2. The first-order valence-electron chi connectivity index (χ1n) is 10.9. The molecule has 0 unspecified atom stereocenters. The summed E-state index contributed by atoms with van der Waals surface area (Å²) in [6.07, 6.45) is -1.36. The number of aliphatic hydroxyl groups is 1. The summed E-state index contributed by atoms with van der Waals surface area (Å²) >= 11 is 0. The van der Waals surface area contributed by atoms with Gasteiger partial charge in [0.2, 0.25) is 10.0 Å². The van der Waals surface area contributed by atoms with Crippen LogP contribution in [-0.2, 0) is 26.0 Å². The van der Waals surface area contributed by atoms with Crippen molar-refractivity contribution in [1.29, 1.82) is 0 Å². The number of carbonyl (C=O) groups is 1. The highest BCUT2D eigenvalue weighted by Gasteiger charge is 2.39. The minimum absolute atomic E-state index is 0.149. The Hall–Kier alpha value is -3.00. The number of hydrogen-bond acceptors (Lipinski definition) is 5. The molecule has 7 heteroatoms. The van der Waals surface area contributed by atoms with Crippen LogP contribution in [0.4, 0.5) is 0 Å². The first-order chi connectivity index (χ1) is 15.8. The third kappa shape index (κ3) is 5.00. The largest absolute Gasteiger partial charge is 0.460 e. The lowest BCUT2D eigenvalue weighted by Crippen LogP contribution is -2.37. The summed E-state index contributed by atoms with van der Waals surface area (Å²) in [5.41, 5.74) is 3.27. The number of aliphatic hydroxyl groups excluding tert-OH is 1. The molecule has 3 aromatic carbocycles. The number of rotatable bonds is 7. The van der Waals surface area contributed by atoms with Crippen molar-refractivity contribution in [1.82, 2.24) is 4.72 Å². The average Bonchev–Trinajstić information content (AvgIpc) is 3.15. The topological polar surface area (TPSA) is 92.7 Å². The molecule has 0 aromatic heterocycles. The van der Waals surface area contributed by atoms with Crippen LogP contribution >= 0.6 is 0 Å². The van der Waals surface area contributed by atoms with E-state index in [4.69, 9.17) is 4.74 Å². The molecule has 33 heavy (non-hydrogen) atoms. The molecule has 0 saturated heterocycles. The second-order valence-electron chi connectivity index (χ2n) is 8.43. The summed E-state index contributed by atoms with van der Waals surface area (Å²) in [7, 11) is -3.84. The summed E-state index contributed by atoms with van der Waals surface area (Å²) in [5, 5.41) is 10.6. The van der Waals surface area contributed by atoms with Gasteiger partial charge in [-0.25, -0.2) is 8.42 Å².